The van der Waals surface area contributed by atoms with E-state index in [0.717, 1.165) is 49.8 Å². The van der Waals surface area contributed by atoms with Gasteiger partial charge in [-0.2, -0.15) is 109 Å². The largest absolute Gasteiger partial charge is 0.481 e. The van der Waals surface area contributed by atoms with E-state index in [4.69, 9.17) is 186 Å². The Labute approximate surface area is 837 Å². The molecule has 1 aromatic carbocycles. The van der Waals surface area contributed by atoms with Gasteiger partial charge >= 0.3 is 158 Å². The minimum atomic E-state index is -4.10. The van der Waals surface area contributed by atoms with Crippen LogP contribution in [-0.4, -0.2) is 322 Å². The highest BCUT2D eigenvalue weighted by Gasteiger charge is 2.31. The number of carboxylic acids is 11. The van der Waals surface area contributed by atoms with Gasteiger partial charge in [0.15, 0.2) is 0 Å². The predicted molar refractivity (Wildman–Crippen MR) is 482 cm³/mol. The first-order chi connectivity index (χ1) is 67.1. The molecule has 0 amide bonds. The van der Waals surface area contributed by atoms with Crippen LogP contribution in [0.4, 0.5) is 0 Å². The third-order valence-electron chi connectivity index (χ3n) is 14.2. The molecule has 1 rings (SSSR count). The summed E-state index contributed by atoms with van der Waals surface area (Å²) >= 11 is 4.05. The monoisotopic (exact) mass is 2300 g/mol. The molecule has 0 fully saturated rings. The Hall–Kier alpha value is -11.1. The molecule has 0 heterocycles. The van der Waals surface area contributed by atoms with E-state index in [-0.39, 0.29) is 194 Å². The van der Waals surface area contributed by atoms with E-state index in [9.17, 15) is 114 Å². The smallest absolute Gasteiger partial charge is 0.373 e. The minimum Gasteiger partial charge on any atom is -0.481 e. The topological polar surface area (TPSA) is 1130 Å². The van der Waals surface area contributed by atoms with Crippen molar-refractivity contribution in [3.8, 4) is 0 Å². The number of benzene rings is 1. The molecule has 23 N–H and O–H groups in total. The van der Waals surface area contributed by atoms with Gasteiger partial charge in [0.25, 0.3) is 0 Å². The second-order valence-corrected chi connectivity index (χ2v) is 44.4. The first kappa shape index (κ1) is 177. The van der Waals surface area contributed by atoms with E-state index in [1.807, 2.05) is 19.9 Å². The normalized spacial score (nSPS) is 11.3. The number of aliphatic carboxylic acids is 11. The Balaban J connectivity index is -0.0000000772. The molecule has 6 atom stereocenters. The zero-order valence-corrected chi connectivity index (χ0v) is 86.7. The molecule has 0 bridgehead atoms. The Bertz CT molecular complexity index is 4180. The standard InChI is InChI=1S/C15H21O6P.C11H19O8P.C8H15O6P.C8H17O4P.C7H14O2S.C5H11O5P.C5H13O3P.C3H7O5P.C3H9O3P.10CO2/c16-14(17)8-4-5-9-22(20,21)11-13(15(18)19)10-12-6-2-1-3-7-12;12-9(13)3-1-2-6-20(18,19)7-8(11(16)17)4-5-10(14)15;9-7(10)3-1-2-5-15(13,14)6-4-8(11)12;1-2-6-13(11,12)7-4-3-5-8(9)10;8-7(9)5-3-1-2-4-6-10;6-5(7)3-1-2-4-11(8,9)10;1-2-3-4-5-9(6,7)8;4-3(5)1-2-9(6,7)8;1-2-3-7(4,5)6;10*2-1-3/h1-3,6-7,13H,4-5,8-11H2,(H,16,17)(H,18,19)(H,20,21);8H,1-7H2,(H,12,13)(H,14,15)(H,16,17)(H,18,19);1-6H2,(H,9,10)(H,11,12)(H,13,14);2-7H2,1H3,(H,9,10)(H,11,12);10H,1-6H2,(H,8,9);1-4H2,(H,6,7)(H2,8,9,10);2-5H2,1H3,(H2,6,7,8);1-2H2,(H,4,5)(H2,6,7,8);2-3H2,1H3,(H2,4,5,6);;;;;;;;;;. The van der Waals surface area contributed by atoms with Crippen LogP contribution in [0.5, 0.6) is 0 Å². The van der Waals surface area contributed by atoms with Crippen LogP contribution in [0.2, 0.25) is 0 Å². The molecule has 0 aliphatic carbocycles. The number of carbonyl (C=O) groups is 11. The SMILES string of the molecule is CCCCCP(=O)(O)O.CCCP(=O)(O)CCCCC(=O)O.CCCP(=O)(O)O.O=C(O)CCCCCCS.O=C(O)CCCCP(=O)(O)CC(CCC(=O)O)C(=O)O.O=C(O)CCCCP(=O)(O)CC(Cc1ccccc1)C(=O)O.O=C(O)CCCCP(=O)(O)CCC(=O)O.O=C(O)CCCCP(=O)(O)O.O=C(O)CCP(=O)(O)O.O=C=O.O=C=O.O=C=O.O=C=O.O=C=O.O=C=O.O=C=O.O=C=O.O=C=O.O=C=O. The molecule has 0 spiro atoms. The zero-order valence-electron chi connectivity index (χ0n) is 78.7. The summed E-state index contributed by atoms with van der Waals surface area (Å²) in [7, 11) is -29.0. The van der Waals surface area contributed by atoms with Gasteiger partial charge in [-0.1, -0.05) is 76.8 Å². The lowest BCUT2D eigenvalue weighted by atomic mass is 10.0. The zero-order chi connectivity index (χ0) is 119. The quantitative estimate of drug-likeness (QED) is 0.0242. The van der Waals surface area contributed by atoms with Gasteiger partial charge in [0.05, 0.1) is 30.8 Å². The van der Waals surface area contributed by atoms with Crippen LogP contribution < -0.4 is 0 Å². The molecule has 844 valence electrons. The number of rotatable bonds is 56. The summed E-state index contributed by atoms with van der Waals surface area (Å²) in [6, 6.07) is 8.96. The van der Waals surface area contributed by atoms with Gasteiger partial charge in [0, 0.05) is 113 Å². The summed E-state index contributed by atoms with van der Waals surface area (Å²) < 4.78 is 86.8. The van der Waals surface area contributed by atoms with E-state index in [0.29, 0.717) is 76.8 Å². The van der Waals surface area contributed by atoms with Crippen LogP contribution in [0.15, 0.2) is 30.3 Å². The lowest BCUT2D eigenvalue weighted by molar-refractivity contribution is -0.193. The maximum Gasteiger partial charge on any atom is 0.373 e. The molecule has 146 heavy (non-hydrogen) atoms. The summed E-state index contributed by atoms with van der Waals surface area (Å²) in [6.45, 7) is 5.60. The lowest BCUT2D eigenvalue weighted by Crippen LogP contribution is -2.21. The number of unbranched alkanes of at least 4 members (excludes halogenated alkanes) is 10. The second kappa shape index (κ2) is 126. The fourth-order valence-corrected chi connectivity index (χ4v) is 17.9. The van der Waals surface area contributed by atoms with Crippen LogP contribution in [-0.2, 0) is 192 Å². The maximum absolute atomic E-state index is 12.1. The van der Waals surface area contributed by atoms with Crippen LogP contribution in [0.25, 0.3) is 0 Å². The molecule has 0 aromatic heterocycles. The van der Waals surface area contributed by atoms with Crippen LogP contribution in [0.3, 0.4) is 0 Å². The number of carboxylic acid groups (broad SMARTS) is 11. The third kappa shape index (κ3) is 246. The number of hydrogen-bond donors (Lipinski definition) is 24. The third-order valence-corrected chi connectivity index (χ3v) is 26.3. The van der Waals surface area contributed by atoms with Crippen molar-refractivity contribution in [2.45, 2.75) is 213 Å². The highest BCUT2D eigenvalue weighted by Crippen LogP contribution is 2.47. The highest BCUT2D eigenvalue weighted by molar-refractivity contribution is 7.80. The average molecular weight is 2300 g/mol. The Morgan fingerprint density at radius 3 is 0.664 bits per heavy atom. The predicted octanol–water partition coefficient (Wildman–Crippen LogP) is 4.54. The molecule has 0 saturated carbocycles. The number of carbonyl (C=O) groups excluding carboxylic acids is 20. The summed E-state index contributed by atoms with van der Waals surface area (Å²) in [5, 5.41) is 92.8. The van der Waals surface area contributed by atoms with Gasteiger partial charge in [-0.05, 0) is 120 Å². The molecule has 0 aliphatic rings. The van der Waals surface area contributed by atoms with E-state index in [1.54, 1.807) is 31.2 Å². The van der Waals surface area contributed by atoms with Crippen molar-refractivity contribution >= 4 is 200 Å². The van der Waals surface area contributed by atoms with Crippen LogP contribution >= 0.6 is 72.5 Å². The number of hydrogen-bond acceptors (Lipinski definition) is 40. The van der Waals surface area contributed by atoms with Crippen molar-refractivity contribution in [2.75, 3.05) is 79.7 Å². The average Bonchev–Trinajstić information content (AvgIpc) is 0.864. The summed E-state index contributed by atoms with van der Waals surface area (Å²) in [5.41, 5.74) is 0.806. The van der Waals surface area contributed by atoms with Gasteiger partial charge in [-0.25, -0.2) is 0 Å². The lowest BCUT2D eigenvalue weighted by Gasteiger charge is -2.17. The Morgan fingerprint density at radius 1 is 0.240 bits per heavy atom. The van der Waals surface area contributed by atoms with Gasteiger partial charge in [0.2, 0.25) is 29.5 Å². The molecular weight excluding hydrogens is 2170 g/mol. The summed E-state index contributed by atoms with van der Waals surface area (Å²) in [5.74, 6) is -12.4. The fourth-order valence-electron chi connectivity index (χ4n) is 8.41. The summed E-state index contributed by atoms with van der Waals surface area (Å²) in [4.78, 5) is 380. The number of thiol groups is 1. The van der Waals surface area contributed by atoms with Crippen LogP contribution in [0, 0.1) is 11.8 Å². The molecule has 0 saturated heterocycles. The molecule has 71 heteroatoms. The van der Waals surface area contributed by atoms with E-state index >= 15 is 0 Å². The molecule has 1 aromatic rings. The molecule has 6 unspecified atom stereocenters. The van der Waals surface area contributed by atoms with Gasteiger partial charge in [-0.3, -0.25) is 89.3 Å². The van der Waals surface area contributed by atoms with Gasteiger partial charge in [-0.15, -0.1) is 0 Å². The Kier molecular flexibility index (Phi) is 153. The highest BCUT2D eigenvalue weighted by atomic mass is 32.1. The van der Waals surface area contributed by atoms with Crippen molar-refractivity contribution in [3.05, 3.63) is 35.9 Å². The van der Waals surface area contributed by atoms with Crippen molar-refractivity contribution in [1.29, 1.82) is 0 Å². The van der Waals surface area contributed by atoms with Crippen molar-refractivity contribution < 1.29 is 300 Å². The first-order valence-corrected chi connectivity index (χ1v) is 56.5. The molecule has 0 radical (unpaired) electrons. The fraction of sp³-hybridized carbons (Fsp3) is 0.640. The van der Waals surface area contributed by atoms with Gasteiger partial charge < -0.3 is 115 Å². The summed E-state index contributed by atoms with van der Waals surface area (Å²) in [6.07, 6.45) is 11.3. The minimum absolute atomic E-state index is 0.00639. The molecular formula is C75H126O62P8S. The van der Waals surface area contributed by atoms with Crippen molar-refractivity contribution in [3.63, 3.8) is 0 Å². The van der Waals surface area contributed by atoms with Crippen molar-refractivity contribution in [1.82, 2.24) is 0 Å². The van der Waals surface area contributed by atoms with Crippen LogP contribution in [0.1, 0.15) is 213 Å². The van der Waals surface area contributed by atoms with E-state index in [2.05, 4.69) is 12.6 Å². The van der Waals surface area contributed by atoms with Crippen molar-refractivity contribution in [2.24, 2.45) is 11.8 Å². The Morgan fingerprint density at radius 2 is 0.452 bits per heavy atom. The second-order valence-electron chi connectivity index (χ2n) is 26.7. The first-order valence-electron chi connectivity index (χ1n) is 40.5. The van der Waals surface area contributed by atoms with Gasteiger partial charge in [0.1, 0.15) is 0 Å². The molecule has 0 aliphatic heterocycles. The van der Waals surface area contributed by atoms with E-state index < -0.39 is 156 Å². The molecule has 62 nitrogen and oxygen atoms in total. The maximum atomic E-state index is 12.1. The van der Waals surface area contributed by atoms with E-state index in [1.165, 1.54) is 0 Å².